The highest BCUT2D eigenvalue weighted by atomic mass is 16.5. The lowest BCUT2D eigenvalue weighted by Gasteiger charge is -2.10. The molecule has 1 amide bonds. The third-order valence-electron chi connectivity index (χ3n) is 5.60. The lowest BCUT2D eigenvalue weighted by molar-refractivity contribution is -0.123. The number of hydrogen-bond acceptors (Lipinski definition) is 5. The zero-order valence-electron chi connectivity index (χ0n) is 18.2. The summed E-state index contributed by atoms with van der Waals surface area (Å²) in [7, 11) is 0. The molecule has 2 heterocycles. The van der Waals surface area contributed by atoms with E-state index in [1.807, 2.05) is 60.8 Å². The molecule has 0 saturated heterocycles. The van der Waals surface area contributed by atoms with Crippen molar-refractivity contribution in [1.82, 2.24) is 10.3 Å². The predicted octanol–water partition coefficient (Wildman–Crippen LogP) is 4.38. The predicted molar refractivity (Wildman–Crippen MR) is 130 cm³/mol. The van der Waals surface area contributed by atoms with Crippen LogP contribution in [-0.4, -0.2) is 29.1 Å². The zero-order valence-corrected chi connectivity index (χ0v) is 18.2. The number of benzene rings is 3. The first-order valence-corrected chi connectivity index (χ1v) is 10.9. The van der Waals surface area contributed by atoms with Crippen LogP contribution in [0.2, 0.25) is 0 Å². The number of phenolic OH excluding ortho intramolecular Hbond substituents is 1. The number of H-pyrrole nitrogens is 1. The van der Waals surface area contributed by atoms with Gasteiger partial charge in [-0.1, -0.05) is 48.5 Å². The molecule has 7 heteroatoms. The van der Waals surface area contributed by atoms with Crippen LogP contribution in [0, 0.1) is 0 Å². The SMILES string of the molecule is O=C(COc1cc(O)c2c(=O)cc(-c3ccccc3)oc2c1)NCCc1c[nH]c2ccccc12. The smallest absolute Gasteiger partial charge is 0.257 e. The van der Waals surface area contributed by atoms with Crippen molar-refractivity contribution in [3.8, 4) is 22.8 Å². The summed E-state index contributed by atoms with van der Waals surface area (Å²) in [5.41, 5.74) is 2.74. The first-order chi connectivity index (χ1) is 16.6. The van der Waals surface area contributed by atoms with Gasteiger partial charge in [-0.25, -0.2) is 0 Å². The van der Waals surface area contributed by atoms with Crippen molar-refractivity contribution in [2.45, 2.75) is 6.42 Å². The van der Waals surface area contributed by atoms with E-state index >= 15 is 0 Å². The molecule has 0 saturated carbocycles. The molecule has 34 heavy (non-hydrogen) atoms. The number of carbonyl (C=O) groups is 1. The van der Waals surface area contributed by atoms with Crippen LogP contribution in [0.15, 0.2) is 88.2 Å². The van der Waals surface area contributed by atoms with E-state index in [0.29, 0.717) is 18.7 Å². The molecule has 0 radical (unpaired) electrons. The van der Waals surface area contributed by atoms with Crippen LogP contribution >= 0.6 is 0 Å². The van der Waals surface area contributed by atoms with Crippen LogP contribution in [0.1, 0.15) is 5.56 Å². The molecule has 5 rings (SSSR count). The van der Waals surface area contributed by atoms with E-state index in [2.05, 4.69) is 10.3 Å². The van der Waals surface area contributed by atoms with E-state index < -0.39 is 0 Å². The fourth-order valence-electron chi connectivity index (χ4n) is 3.95. The highest BCUT2D eigenvalue weighted by Gasteiger charge is 2.14. The zero-order chi connectivity index (χ0) is 23.5. The van der Waals surface area contributed by atoms with E-state index in [0.717, 1.165) is 22.0 Å². The Morgan fingerprint density at radius 3 is 2.68 bits per heavy atom. The molecule has 170 valence electrons. The number of amides is 1. The summed E-state index contributed by atoms with van der Waals surface area (Å²) in [5.74, 6) is 0.0503. The Labute approximate surface area is 194 Å². The van der Waals surface area contributed by atoms with Crippen molar-refractivity contribution < 1.29 is 19.1 Å². The minimum Gasteiger partial charge on any atom is -0.507 e. The quantitative estimate of drug-likeness (QED) is 0.338. The highest BCUT2D eigenvalue weighted by Crippen LogP contribution is 2.31. The van der Waals surface area contributed by atoms with E-state index in [1.54, 1.807) is 0 Å². The van der Waals surface area contributed by atoms with Crippen molar-refractivity contribution in [1.29, 1.82) is 0 Å². The van der Waals surface area contributed by atoms with Crippen LogP contribution in [0.5, 0.6) is 11.5 Å². The summed E-state index contributed by atoms with van der Waals surface area (Å²) in [6, 6.07) is 21.4. The van der Waals surface area contributed by atoms with Crippen LogP contribution in [0.3, 0.4) is 0 Å². The van der Waals surface area contributed by atoms with Crippen LogP contribution in [-0.2, 0) is 11.2 Å². The van der Waals surface area contributed by atoms with Gasteiger partial charge in [0.25, 0.3) is 5.91 Å². The number of aromatic hydroxyl groups is 1. The van der Waals surface area contributed by atoms with Crippen molar-refractivity contribution >= 4 is 27.8 Å². The highest BCUT2D eigenvalue weighted by molar-refractivity contribution is 5.86. The normalized spacial score (nSPS) is 11.1. The molecular formula is C27H22N2O5. The number of fused-ring (bicyclic) bond motifs is 2. The second-order valence-corrected chi connectivity index (χ2v) is 7.90. The molecule has 0 bridgehead atoms. The van der Waals surface area contributed by atoms with Gasteiger partial charge in [0.15, 0.2) is 12.0 Å². The Morgan fingerprint density at radius 1 is 1.03 bits per heavy atom. The second kappa shape index (κ2) is 9.15. The average molecular weight is 454 g/mol. The lowest BCUT2D eigenvalue weighted by Crippen LogP contribution is -2.30. The molecule has 0 unspecified atom stereocenters. The first-order valence-electron chi connectivity index (χ1n) is 10.9. The fourth-order valence-corrected chi connectivity index (χ4v) is 3.95. The fraction of sp³-hybridized carbons (Fsp3) is 0.111. The standard InChI is InChI=1S/C27H22N2O5/c30-22-12-19(13-25-27(22)23(31)14-24(34-25)17-6-2-1-3-7-17)33-16-26(32)28-11-10-18-15-29-21-9-5-4-8-20(18)21/h1-9,12-15,29-30H,10-11,16H2,(H,28,32). The first kappa shape index (κ1) is 21.3. The summed E-state index contributed by atoms with van der Waals surface area (Å²) in [6.07, 6.45) is 2.63. The van der Waals surface area contributed by atoms with E-state index in [9.17, 15) is 14.7 Å². The van der Waals surface area contributed by atoms with Gasteiger partial charge in [0.05, 0.1) is 0 Å². The van der Waals surface area contributed by atoms with Crippen molar-refractivity contribution in [2.24, 2.45) is 0 Å². The van der Waals surface area contributed by atoms with Gasteiger partial charge in [0.1, 0.15) is 28.2 Å². The molecule has 0 aliphatic heterocycles. The number of para-hydroxylation sites is 1. The molecule has 7 nitrogen and oxygen atoms in total. The van der Waals surface area contributed by atoms with Gasteiger partial charge in [-0.15, -0.1) is 0 Å². The number of ether oxygens (including phenoxy) is 1. The number of aromatic nitrogens is 1. The lowest BCUT2D eigenvalue weighted by atomic mass is 10.1. The van der Waals surface area contributed by atoms with Crippen molar-refractivity contribution in [3.05, 3.63) is 94.8 Å². The maximum Gasteiger partial charge on any atom is 0.257 e. The Kier molecular flexibility index (Phi) is 5.74. The molecule has 3 aromatic carbocycles. The third-order valence-corrected chi connectivity index (χ3v) is 5.60. The van der Waals surface area contributed by atoms with E-state index in [4.69, 9.17) is 9.15 Å². The Hall–Kier alpha value is -4.52. The largest absolute Gasteiger partial charge is 0.507 e. The third kappa shape index (κ3) is 4.36. The Balaban J connectivity index is 1.25. The topological polar surface area (TPSA) is 105 Å². The maximum absolute atomic E-state index is 12.5. The van der Waals surface area contributed by atoms with Gasteiger partial charge in [0.2, 0.25) is 0 Å². The molecule has 0 fully saturated rings. The molecule has 3 N–H and O–H groups in total. The molecule has 2 aromatic heterocycles. The molecule has 0 aliphatic rings. The molecule has 5 aromatic rings. The minimum absolute atomic E-state index is 0.0650. The number of aromatic amines is 1. The number of phenols is 1. The minimum atomic E-state index is -0.362. The van der Waals surface area contributed by atoms with Gasteiger partial charge < -0.3 is 24.6 Å². The summed E-state index contributed by atoms with van der Waals surface area (Å²) in [6.45, 7) is 0.226. The van der Waals surface area contributed by atoms with Crippen molar-refractivity contribution in [2.75, 3.05) is 13.2 Å². The van der Waals surface area contributed by atoms with Gasteiger partial charge in [-0.2, -0.15) is 0 Å². The number of hydrogen-bond donors (Lipinski definition) is 3. The van der Waals surface area contributed by atoms with E-state index in [1.165, 1.54) is 18.2 Å². The average Bonchev–Trinajstić information content (AvgIpc) is 3.26. The molecule has 0 aliphatic carbocycles. The van der Waals surface area contributed by atoms with Crippen LogP contribution in [0.4, 0.5) is 0 Å². The molecule has 0 atom stereocenters. The summed E-state index contributed by atoms with van der Waals surface area (Å²) >= 11 is 0. The Bertz CT molecular complexity index is 1540. The van der Waals surface area contributed by atoms with Gasteiger partial charge in [-0.05, 0) is 18.1 Å². The van der Waals surface area contributed by atoms with Crippen molar-refractivity contribution in [3.63, 3.8) is 0 Å². The van der Waals surface area contributed by atoms with Crippen LogP contribution < -0.4 is 15.5 Å². The maximum atomic E-state index is 12.5. The molecular weight excluding hydrogens is 432 g/mol. The second-order valence-electron chi connectivity index (χ2n) is 7.90. The molecule has 0 spiro atoms. The Morgan fingerprint density at radius 2 is 1.82 bits per heavy atom. The number of rotatable bonds is 7. The van der Waals surface area contributed by atoms with Gasteiger partial charge in [0, 0.05) is 47.4 Å². The van der Waals surface area contributed by atoms with E-state index in [-0.39, 0.29) is 40.4 Å². The van der Waals surface area contributed by atoms with Gasteiger partial charge in [-0.3, -0.25) is 9.59 Å². The summed E-state index contributed by atoms with van der Waals surface area (Å²) < 4.78 is 11.4. The van der Waals surface area contributed by atoms with Gasteiger partial charge >= 0.3 is 0 Å². The summed E-state index contributed by atoms with van der Waals surface area (Å²) in [4.78, 5) is 28.0. The van der Waals surface area contributed by atoms with Crippen LogP contribution in [0.25, 0.3) is 33.2 Å². The number of carbonyl (C=O) groups excluding carboxylic acids is 1. The number of nitrogens with one attached hydrogen (secondary N) is 2. The summed E-state index contributed by atoms with van der Waals surface area (Å²) in [5, 5.41) is 14.4. The monoisotopic (exact) mass is 454 g/mol.